The molecule has 4 aliphatic carbocycles. The standard InChI is InChI=1S/C29H27F3N4O3/c30-18-1-3-23(22(32)8-18)35-14-21(28(39)34-29-10-15-5-16(11-29)7-17(6-15)12-29)26(38)20-2-4-24(33-27(20)35)36-13-19(31)9-25(36)37/h1-4,8,14-17,19H,5-7,9-13H2,(H,34,39). The number of nitrogens with zero attached hydrogens (tertiary/aromatic N) is 3. The lowest BCUT2D eigenvalue weighted by Gasteiger charge is -2.56. The second-order valence-electron chi connectivity index (χ2n) is 11.8. The fourth-order valence-electron chi connectivity index (χ4n) is 7.82. The first kappa shape index (κ1) is 24.4. The van der Waals surface area contributed by atoms with Gasteiger partial charge in [0.05, 0.1) is 24.0 Å². The predicted octanol–water partition coefficient (Wildman–Crippen LogP) is 4.44. The van der Waals surface area contributed by atoms with Crippen molar-refractivity contribution in [1.29, 1.82) is 0 Å². The summed E-state index contributed by atoms with van der Waals surface area (Å²) < 4.78 is 43.9. The number of hydrogen-bond donors (Lipinski definition) is 1. The number of carbonyl (C=O) groups is 2. The van der Waals surface area contributed by atoms with Crippen molar-refractivity contribution >= 4 is 28.7 Å². The topological polar surface area (TPSA) is 84.3 Å². The molecule has 39 heavy (non-hydrogen) atoms. The molecule has 3 aromatic rings. The Labute approximate surface area is 222 Å². The van der Waals surface area contributed by atoms with Gasteiger partial charge in [-0.05, 0) is 80.5 Å². The third kappa shape index (κ3) is 4.03. The number of pyridine rings is 2. The zero-order valence-electron chi connectivity index (χ0n) is 21.1. The largest absolute Gasteiger partial charge is 0.346 e. The van der Waals surface area contributed by atoms with Crippen molar-refractivity contribution in [1.82, 2.24) is 14.9 Å². The van der Waals surface area contributed by atoms with Crippen LogP contribution >= 0.6 is 0 Å². The molecule has 1 N–H and O–H groups in total. The van der Waals surface area contributed by atoms with Crippen LogP contribution in [0.2, 0.25) is 0 Å². The SMILES string of the molecule is O=C(NC12CC3CC(CC(C3)C1)C2)c1cn(-c2ccc(F)cc2F)c2nc(N3CC(F)CC3=O)ccc2c1=O. The van der Waals surface area contributed by atoms with E-state index in [0.717, 1.165) is 25.3 Å². The molecule has 0 spiro atoms. The summed E-state index contributed by atoms with van der Waals surface area (Å²) in [6.07, 6.45) is 5.87. The molecule has 1 atom stereocenters. The van der Waals surface area contributed by atoms with Crippen LogP contribution < -0.4 is 15.6 Å². The van der Waals surface area contributed by atoms with Gasteiger partial charge in [-0.2, -0.15) is 0 Å². The molecule has 5 aliphatic rings. The number of fused-ring (bicyclic) bond motifs is 1. The van der Waals surface area contributed by atoms with Crippen LogP contribution in [-0.2, 0) is 4.79 Å². The number of hydrogen-bond acceptors (Lipinski definition) is 4. The second kappa shape index (κ2) is 8.66. The van der Waals surface area contributed by atoms with Gasteiger partial charge in [0.25, 0.3) is 5.91 Å². The third-order valence-corrected chi connectivity index (χ3v) is 9.02. The number of rotatable bonds is 4. The highest BCUT2D eigenvalue weighted by Crippen LogP contribution is 2.55. The quantitative estimate of drug-likeness (QED) is 0.535. The zero-order valence-corrected chi connectivity index (χ0v) is 21.1. The van der Waals surface area contributed by atoms with Gasteiger partial charge in [0.15, 0.2) is 5.65 Å². The van der Waals surface area contributed by atoms with Crippen LogP contribution in [0.3, 0.4) is 0 Å². The van der Waals surface area contributed by atoms with Crippen molar-refractivity contribution < 1.29 is 22.8 Å². The smallest absolute Gasteiger partial charge is 0.257 e. The third-order valence-electron chi connectivity index (χ3n) is 9.02. The Morgan fingerprint density at radius 3 is 2.31 bits per heavy atom. The van der Waals surface area contributed by atoms with Gasteiger partial charge >= 0.3 is 0 Å². The summed E-state index contributed by atoms with van der Waals surface area (Å²) in [6, 6.07) is 5.81. The number of benzene rings is 1. The fourth-order valence-corrected chi connectivity index (χ4v) is 7.82. The minimum atomic E-state index is -1.35. The maximum atomic E-state index is 15.0. The summed E-state index contributed by atoms with van der Waals surface area (Å²) in [5, 5.41) is 3.23. The number of alkyl halides is 1. The molecule has 4 bridgehead atoms. The number of halogens is 3. The van der Waals surface area contributed by atoms with E-state index in [1.54, 1.807) is 0 Å². The Bertz CT molecular complexity index is 1570. The van der Waals surface area contributed by atoms with Crippen LogP contribution in [0.5, 0.6) is 0 Å². The summed E-state index contributed by atoms with van der Waals surface area (Å²) in [7, 11) is 0. The van der Waals surface area contributed by atoms with E-state index in [9.17, 15) is 23.2 Å². The molecule has 1 saturated heterocycles. The Hall–Kier alpha value is -3.69. The normalized spacial score (nSPS) is 29.4. The average molecular weight is 537 g/mol. The number of aromatic nitrogens is 2. The molecule has 1 aliphatic heterocycles. The molecule has 2 aromatic heterocycles. The molecule has 4 saturated carbocycles. The molecule has 0 radical (unpaired) electrons. The predicted molar refractivity (Wildman–Crippen MR) is 137 cm³/mol. The lowest BCUT2D eigenvalue weighted by molar-refractivity contribution is -0.117. The summed E-state index contributed by atoms with van der Waals surface area (Å²) in [6.45, 7) is -0.183. The Balaban J connectivity index is 1.34. The lowest BCUT2D eigenvalue weighted by atomic mass is 9.53. The van der Waals surface area contributed by atoms with Crippen LogP contribution in [0.15, 0.2) is 41.3 Å². The Kier molecular flexibility index (Phi) is 5.41. The molecule has 202 valence electrons. The van der Waals surface area contributed by atoms with Gasteiger partial charge in [-0.25, -0.2) is 18.2 Å². The molecule has 3 heterocycles. The molecule has 2 amide bonds. The van der Waals surface area contributed by atoms with Crippen LogP contribution in [0.25, 0.3) is 16.7 Å². The molecule has 8 rings (SSSR count). The fraction of sp³-hybridized carbons (Fsp3) is 0.448. The monoisotopic (exact) mass is 536 g/mol. The van der Waals surface area contributed by atoms with E-state index in [4.69, 9.17) is 0 Å². The van der Waals surface area contributed by atoms with Crippen LogP contribution in [0, 0.1) is 29.4 Å². The van der Waals surface area contributed by atoms with Crippen molar-refractivity contribution in [3.63, 3.8) is 0 Å². The Morgan fingerprint density at radius 1 is 1.00 bits per heavy atom. The van der Waals surface area contributed by atoms with Crippen LogP contribution in [0.1, 0.15) is 55.3 Å². The summed E-state index contributed by atoms with van der Waals surface area (Å²) in [4.78, 5) is 45.2. The average Bonchev–Trinajstić information content (AvgIpc) is 3.21. The molecular formula is C29H27F3N4O3. The summed E-state index contributed by atoms with van der Waals surface area (Å²) in [5.74, 6) is -0.836. The zero-order chi connectivity index (χ0) is 27.1. The molecule has 7 nitrogen and oxygen atoms in total. The molecule has 5 fully saturated rings. The molecule has 10 heteroatoms. The first-order valence-electron chi connectivity index (χ1n) is 13.5. The van der Waals surface area contributed by atoms with Crippen LogP contribution in [-0.4, -0.2) is 39.6 Å². The molecule has 1 unspecified atom stereocenters. The number of carbonyl (C=O) groups excluding carboxylic acids is 2. The van der Waals surface area contributed by atoms with E-state index < -0.39 is 35.0 Å². The van der Waals surface area contributed by atoms with E-state index in [2.05, 4.69) is 10.3 Å². The number of nitrogens with one attached hydrogen (secondary N) is 1. The van der Waals surface area contributed by atoms with Crippen molar-refractivity contribution in [3.8, 4) is 5.69 Å². The minimum Gasteiger partial charge on any atom is -0.346 e. The van der Waals surface area contributed by atoms with E-state index in [1.807, 2.05) is 0 Å². The van der Waals surface area contributed by atoms with Crippen molar-refractivity contribution in [2.45, 2.75) is 56.7 Å². The number of anilines is 1. The van der Waals surface area contributed by atoms with Gasteiger partial charge in [0, 0.05) is 17.8 Å². The second-order valence-corrected chi connectivity index (χ2v) is 11.8. The molecular weight excluding hydrogens is 509 g/mol. The highest BCUT2D eigenvalue weighted by molar-refractivity contribution is 5.99. The first-order valence-corrected chi connectivity index (χ1v) is 13.5. The maximum absolute atomic E-state index is 15.0. The Morgan fingerprint density at radius 2 is 1.69 bits per heavy atom. The van der Waals surface area contributed by atoms with Gasteiger partial charge in [0.2, 0.25) is 11.3 Å². The van der Waals surface area contributed by atoms with E-state index in [-0.39, 0.29) is 46.6 Å². The highest BCUT2D eigenvalue weighted by atomic mass is 19.1. The van der Waals surface area contributed by atoms with Gasteiger partial charge in [-0.1, -0.05) is 0 Å². The van der Waals surface area contributed by atoms with Crippen molar-refractivity contribution in [3.05, 3.63) is 63.9 Å². The van der Waals surface area contributed by atoms with Crippen LogP contribution in [0.4, 0.5) is 19.0 Å². The minimum absolute atomic E-state index is 0.0236. The lowest BCUT2D eigenvalue weighted by Crippen LogP contribution is -2.60. The van der Waals surface area contributed by atoms with Gasteiger partial charge in [0.1, 0.15) is 29.2 Å². The van der Waals surface area contributed by atoms with Crippen molar-refractivity contribution in [2.24, 2.45) is 17.8 Å². The number of amides is 2. The first-order chi connectivity index (χ1) is 18.7. The summed E-state index contributed by atoms with van der Waals surface area (Å²) in [5.41, 5.74) is -1.24. The maximum Gasteiger partial charge on any atom is 0.257 e. The van der Waals surface area contributed by atoms with E-state index in [0.29, 0.717) is 23.8 Å². The van der Waals surface area contributed by atoms with Gasteiger partial charge in [-0.15, -0.1) is 0 Å². The highest BCUT2D eigenvalue weighted by Gasteiger charge is 2.51. The summed E-state index contributed by atoms with van der Waals surface area (Å²) >= 11 is 0. The van der Waals surface area contributed by atoms with Crippen molar-refractivity contribution in [2.75, 3.05) is 11.4 Å². The van der Waals surface area contributed by atoms with E-state index in [1.165, 1.54) is 53.1 Å². The van der Waals surface area contributed by atoms with E-state index >= 15 is 4.39 Å². The van der Waals surface area contributed by atoms with Gasteiger partial charge in [-0.3, -0.25) is 23.9 Å². The molecule has 1 aromatic carbocycles. The van der Waals surface area contributed by atoms with Gasteiger partial charge < -0.3 is 5.32 Å².